The van der Waals surface area contributed by atoms with Crippen LogP contribution in [0.5, 0.6) is 0 Å². The fourth-order valence-electron chi connectivity index (χ4n) is 4.06. The van der Waals surface area contributed by atoms with Crippen LogP contribution in [0.15, 0.2) is 0 Å². The monoisotopic (exact) mass is 344 g/mol. The van der Waals surface area contributed by atoms with E-state index in [2.05, 4.69) is 4.90 Å². The second kappa shape index (κ2) is 6.60. The first kappa shape index (κ1) is 16.4. The molecule has 2 amide bonds. The third-order valence-electron chi connectivity index (χ3n) is 5.34. The van der Waals surface area contributed by atoms with Gasteiger partial charge in [-0.15, -0.1) is 23.4 Å². The van der Waals surface area contributed by atoms with Crippen LogP contribution in [-0.2, 0) is 9.59 Å². The van der Waals surface area contributed by atoms with Crippen molar-refractivity contribution in [1.82, 2.24) is 9.80 Å². The van der Waals surface area contributed by atoms with Gasteiger partial charge in [-0.2, -0.15) is 0 Å². The minimum absolute atomic E-state index is 0.0215. The van der Waals surface area contributed by atoms with Crippen LogP contribution < -0.4 is 0 Å². The molecule has 0 bridgehead atoms. The Morgan fingerprint density at radius 1 is 1.18 bits per heavy atom. The number of thioether (sulfide) groups is 1. The lowest BCUT2D eigenvalue weighted by Gasteiger charge is -2.45. The number of halogens is 1. The second-order valence-electron chi connectivity index (χ2n) is 6.71. The van der Waals surface area contributed by atoms with Gasteiger partial charge in [-0.3, -0.25) is 9.59 Å². The summed E-state index contributed by atoms with van der Waals surface area (Å²) in [6.45, 7) is 4.04. The van der Waals surface area contributed by atoms with Gasteiger partial charge in [-0.1, -0.05) is 12.8 Å². The molecule has 0 aromatic rings. The summed E-state index contributed by atoms with van der Waals surface area (Å²) in [7, 11) is 0. The number of hydrogen-bond donors (Lipinski definition) is 0. The molecular weight excluding hydrogens is 320 g/mol. The average Bonchev–Trinajstić information content (AvgIpc) is 3.17. The van der Waals surface area contributed by atoms with Crippen LogP contribution in [0.2, 0.25) is 0 Å². The lowest BCUT2D eigenvalue weighted by atomic mass is 9.98. The maximum atomic E-state index is 12.9. The van der Waals surface area contributed by atoms with Crippen molar-refractivity contribution in [3.63, 3.8) is 0 Å². The molecule has 3 rings (SSSR count). The summed E-state index contributed by atoms with van der Waals surface area (Å²) in [4.78, 5) is 28.8. The van der Waals surface area contributed by atoms with Crippen molar-refractivity contribution in [2.24, 2.45) is 5.92 Å². The minimum Gasteiger partial charge on any atom is -0.341 e. The molecule has 0 N–H and O–H groups in total. The number of carbonyl (C=O) groups is 2. The van der Waals surface area contributed by atoms with Crippen molar-refractivity contribution < 1.29 is 9.59 Å². The van der Waals surface area contributed by atoms with Crippen molar-refractivity contribution in [2.75, 3.05) is 25.4 Å². The Morgan fingerprint density at radius 3 is 2.41 bits per heavy atom. The molecule has 2 heterocycles. The summed E-state index contributed by atoms with van der Waals surface area (Å²) < 4.78 is 0. The summed E-state index contributed by atoms with van der Waals surface area (Å²) in [5, 5.41) is -0.457. The molecule has 3 aliphatic rings. The Bertz CT molecular complexity index is 443. The van der Waals surface area contributed by atoms with E-state index in [-0.39, 0.29) is 16.7 Å². The lowest BCUT2D eigenvalue weighted by Crippen LogP contribution is -2.55. The maximum absolute atomic E-state index is 12.9. The molecule has 4 nitrogen and oxygen atoms in total. The van der Waals surface area contributed by atoms with Crippen LogP contribution >= 0.6 is 23.4 Å². The van der Waals surface area contributed by atoms with Crippen LogP contribution in [0.3, 0.4) is 0 Å². The third-order valence-corrected chi connectivity index (χ3v) is 7.08. The molecule has 0 aromatic carbocycles. The molecule has 124 valence electrons. The maximum Gasteiger partial charge on any atom is 0.240 e. The highest BCUT2D eigenvalue weighted by Crippen LogP contribution is 2.45. The number of hydrogen-bond acceptors (Lipinski definition) is 3. The van der Waals surface area contributed by atoms with Gasteiger partial charge in [0.2, 0.25) is 11.8 Å². The molecule has 0 unspecified atom stereocenters. The fraction of sp³-hybridized carbons (Fsp3) is 0.875. The number of likely N-dealkylation sites (tertiary alicyclic amines) is 1. The summed E-state index contributed by atoms with van der Waals surface area (Å²) in [6.07, 6.45) is 6.27. The van der Waals surface area contributed by atoms with Gasteiger partial charge >= 0.3 is 0 Å². The molecule has 22 heavy (non-hydrogen) atoms. The highest BCUT2D eigenvalue weighted by molar-refractivity contribution is 8.00. The van der Waals surface area contributed by atoms with E-state index >= 15 is 0 Å². The number of amides is 2. The molecule has 1 saturated carbocycles. The quantitative estimate of drug-likeness (QED) is 0.723. The van der Waals surface area contributed by atoms with Gasteiger partial charge in [-0.25, -0.2) is 0 Å². The highest BCUT2D eigenvalue weighted by atomic mass is 35.5. The van der Waals surface area contributed by atoms with E-state index in [0.717, 1.165) is 51.1 Å². The van der Waals surface area contributed by atoms with E-state index in [0.29, 0.717) is 5.91 Å². The number of piperidine rings is 1. The average molecular weight is 345 g/mol. The van der Waals surface area contributed by atoms with E-state index in [1.807, 2.05) is 16.7 Å². The fourth-order valence-corrected chi connectivity index (χ4v) is 5.66. The lowest BCUT2D eigenvalue weighted by molar-refractivity contribution is -0.140. The molecule has 1 atom stereocenters. The van der Waals surface area contributed by atoms with Crippen molar-refractivity contribution >= 4 is 35.2 Å². The number of alkyl halides is 1. The predicted molar refractivity (Wildman–Crippen MR) is 90.0 cm³/mol. The molecule has 0 aromatic heterocycles. The first-order valence-corrected chi connectivity index (χ1v) is 9.84. The highest BCUT2D eigenvalue weighted by Gasteiger charge is 2.48. The summed E-state index contributed by atoms with van der Waals surface area (Å²) in [5.74, 6) is 1.66. The Hall–Kier alpha value is -0.420. The minimum atomic E-state index is -0.457. The van der Waals surface area contributed by atoms with Crippen LogP contribution in [0.1, 0.15) is 45.4 Å². The zero-order valence-electron chi connectivity index (χ0n) is 13.2. The van der Waals surface area contributed by atoms with Crippen LogP contribution in [0.25, 0.3) is 0 Å². The van der Waals surface area contributed by atoms with Crippen molar-refractivity contribution in [2.45, 2.75) is 55.7 Å². The van der Waals surface area contributed by atoms with E-state index in [4.69, 9.17) is 11.6 Å². The summed E-state index contributed by atoms with van der Waals surface area (Å²) >= 11 is 7.83. The number of nitrogens with zero attached hydrogens (tertiary/aromatic N) is 2. The molecular formula is C16H25ClN2O2S. The van der Waals surface area contributed by atoms with Gasteiger partial charge in [0, 0.05) is 31.3 Å². The van der Waals surface area contributed by atoms with E-state index in [1.165, 1.54) is 12.8 Å². The van der Waals surface area contributed by atoms with Crippen molar-refractivity contribution in [3.8, 4) is 0 Å². The Labute approximate surface area is 141 Å². The first-order valence-electron chi connectivity index (χ1n) is 8.42. The van der Waals surface area contributed by atoms with Gasteiger partial charge in [0.15, 0.2) is 0 Å². The Balaban J connectivity index is 1.65. The van der Waals surface area contributed by atoms with Gasteiger partial charge in [0.05, 0.1) is 4.87 Å². The molecule has 0 radical (unpaired) electrons. The van der Waals surface area contributed by atoms with Gasteiger partial charge in [0.25, 0.3) is 0 Å². The van der Waals surface area contributed by atoms with Gasteiger partial charge < -0.3 is 9.80 Å². The standard InChI is InChI=1S/C16H25ClN2O2S/c1-12(17)14(20)18-8-6-16(7-9-18)19(10-11-22-16)15(21)13-4-2-3-5-13/h12-13H,2-11H2,1H3/t12-/m0/s1. The molecule has 2 aliphatic heterocycles. The molecule has 1 aliphatic carbocycles. The van der Waals surface area contributed by atoms with Crippen LogP contribution in [-0.4, -0.2) is 57.2 Å². The van der Waals surface area contributed by atoms with Gasteiger partial charge in [0.1, 0.15) is 5.38 Å². The molecule has 1 spiro atoms. The zero-order valence-corrected chi connectivity index (χ0v) is 14.8. The van der Waals surface area contributed by atoms with E-state index in [1.54, 1.807) is 6.92 Å². The molecule has 6 heteroatoms. The number of carbonyl (C=O) groups excluding carboxylic acids is 2. The summed E-state index contributed by atoms with van der Waals surface area (Å²) in [6, 6.07) is 0. The number of rotatable bonds is 2. The van der Waals surface area contributed by atoms with Crippen molar-refractivity contribution in [3.05, 3.63) is 0 Å². The van der Waals surface area contributed by atoms with E-state index in [9.17, 15) is 9.59 Å². The summed E-state index contributed by atoms with van der Waals surface area (Å²) in [5.41, 5.74) is 0. The topological polar surface area (TPSA) is 40.6 Å². The normalized spacial score (nSPS) is 26.6. The SMILES string of the molecule is C[C@H](Cl)C(=O)N1CCC2(CC1)SCCN2C(=O)C1CCCC1. The first-order chi connectivity index (χ1) is 10.5. The zero-order chi connectivity index (χ0) is 15.7. The van der Waals surface area contributed by atoms with Crippen LogP contribution in [0, 0.1) is 5.92 Å². The second-order valence-corrected chi connectivity index (χ2v) is 8.82. The van der Waals surface area contributed by atoms with E-state index < -0.39 is 5.38 Å². The predicted octanol–water partition coefficient (Wildman–Crippen LogP) is 2.70. The Morgan fingerprint density at radius 2 is 1.82 bits per heavy atom. The van der Waals surface area contributed by atoms with Gasteiger partial charge in [-0.05, 0) is 32.6 Å². The third kappa shape index (κ3) is 2.99. The van der Waals surface area contributed by atoms with Crippen LogP contribution in [0.4, 0.5) is 0 Å². The van der Waals surface area contributed by atoms with Crippen molar-refractivity contribution in [1.29, 1.82) is 0 Å². The molecule has 2 saturated heterocycles. The largest absolute Gasteiger partial charge is 0.341 e. The molecule has 3 fully saturated rings. The smallest absolute Gasteiger partial charge is 0.240 e. The Kier molecular flexibility index (Phi) is 4.93.